The van der Waals surface area contributed by atoms with E-state index in [-0.39, 0.29) is 12.0 Å². The van der Waals surface area contributed by atoms with Crippen molar-refractivity contribution in [3.05, 3.63) is 64.7 Å². The summed E-state index contributed by atoms with van der Waals surface area (Å²) in [5.74, 6) is 2.46. The van der Waals surface area contributed by atoms with E-state index in [1.165, 1.54) is 11.8 Å². The molecule has 0 spiro atoms. The van der Waals surface area contributed by atoms with Gasteiger partial charge in [0.15, 0.2) is 0 Å². The fourth-order valence-corrected chi connectivity index (χ4v) is 6.30. The third-order valence-electron chi connectivity index (χ3n) is 7.93. The van der Waals surface area contributed by atoms with Crippen LogP contribution in [0.1, 0.15) is 55.1 Å². The highest BCUT2D eigenvalue weighted by atomic mass is 35.5. The maximum absolute atomic E-state index is 13.2. The Kier molecular flexibility index (Phi) is 6.06. The van der Waals surface area contributed by atoms with Crippen LogP contribution in [0.15, 0.2) is 42.6 Å². The molecule has 36 heavy (non-hydrogen) atoms. The van der Waals surface area contributed by atoms with Gasteiger partial charge in [0.25, 0.3) is 0 Å². The number of nitrogens with zero attached hydrogens (tertiary/aromatic N) is 5. The fraction of sp³-hybridized carbons (Fsp3) is 0.500. The van der Waals surface area contributed by atoms with Crippen LogP contribution in [0.2, 0.25) is 5.02 Å². The maximum atomic E-state index is 13.2. The van der Waals surface area contributed by atoms with Crippen molar-refractivity contribution in [2.24, 2.45) is 11.8 Å². The summed E-state index contributed by atoms with van der Waals surface area (Å²) < 4.78 is 41.5. The van der Waals surface area contributed by atoms with Crippen molar-refractivity contribution in [1.29, 1.82) is 0 Å². The Morgan fingerprint density at radius 2 is 1.72 bits per heavy atom. The number of rotatable bonds is 4. The fourth-order valence-electron chi connectivity index (χ4n) is 6.18. The lowest BCUT2D eigenvalue weighted by molar-refractivity contribution is -0.141. The van der Waals surface area contributed by atoms with Gasteiger partial charge in [-0.1, -0.05) is 30.2 Å². The third kappa shape index (κ3) is 4.53. The van der Waals surface area contributed by atoms with Gasteiger partial charge in [-0.25, -0.2) is 4.68 Å². The first-order valence-electron chi connectivity index (χ1n) is 12.6. The number of hydrogen-bond donors (Lipinski definition) is 1. The molecular weight excluding hydrogens is 489 g/mol. The molecule has 0 amide bonds. The second kappa shape index (κ2) is 9.25. The molecule has 4 atom stereocenters. The molecule has 0 radical (unpaired) electrons. The Morgan fingerprint density at radius 3 is 2.44 bits per heavy atom. The zero-order valence-electron chi connectivity index (χ0n) is 19.8. The number of nitrogens with one attached hydrogen (secondary N) is 1. The van der Waals surface area contributed by atoms with Crippen LogP contribution < -0.4 is 10.2 Å². The molecule has 3 aliphatic rings. The molecule has 6 rings (SSSR count). The number of halogens is 4. The van der Waals surface area contributed by atoms with Crippen LogP contribution in [0.5, 0.6) is 0 Å². The van der Waals surface area contributed by atoms with E-state index in [0.29, 0.717) is 36.6 Å². The first-order chi connectivity index (χ1) is 17.3. The van der Waals surface area contributed by atoms with Gasteiger partial charge in [-0.3, -0.25) is 4.98 Å². The zero-order chi connectivity index (χ0) is 24.9. The highest BCUT2D eigenvalue weighted by molar-refractivity contribution is 6.30. The Morgan fingerprint density at radius 1 is 0.972 bits per heavy atom. The number of aryl methyl sites for hydroxylation is 1. The van der Waals surface area contributed by atoms with Gasteiger partial charge in [-0.2, -0.15) is 18.2 Å². The first kappa shape index (κ1) is 23.6. The van der Waals surface area contributed by atoms with E-state index in [9.17, 15) is 13.2 Å². The number of pyridine rings is 1. The van der Waals surface area contributed by atoms with E-state index in [1.54, 1.807) is 6.07 Å². The minimum Gasteiger partial charge on any atom is -0.371 e. The quantitative estimate of drug-likeness (QED) is 0.461. The number of alkyl halides is 3. The summed E-state index contributed by atoms with van der Waals surface area (Å²) in [4.78, 5) is 10.5. The van der Waals surface area contributed by atoms with Gasteiger partial charge >= 0.3 is 6.18 Å². The summed E-state index contributed by atoms with van der Waals surface area (Å²) in [5.41, 5.74) is 0.947. The third-order valence-corrected chi connectivity index (χ3v) is 8.18. The van der Waals surface area contributed by atoms with Crippen LogP contribution in [-0.2, 0) is 12.7 Å². The van der Waals surface area contributed by atoms with Crippen molar-refractivity contribution in [3.63, 3.8) is 0 Å². The Hall–Kier alpha value is -2.81. The van der Waals surface area contributed by atoms with Crippen molar-refractivity contribution in [2.75, 3.05) is 23.3 Å². The van der Waals surface area contributed by atoms with Crippen LogP contribution in [0.25, 0.3) is 0 Å². The SMILES string of the molecule is FC(F)(F)c1cc(N2C[C@H]3CC[C@@H](C2)[C@H]3Nc2nc3n(n2)CCCCC3c2ccc(Cl)cc2)ccn1. The molecular formula is C26H28ClF3N6. The predicted octanol–water partition coefficient (Wildman–Crippen LogP) is 5.99. The van der Waals surface area contributed by atoms with Gasteiger partial charge in [-0.05, 0) is 67.3 Å². The summed E-state index contributed by atoms with van der Waals surface area (Å²) >= 11 is 6.11. The van der Waals surface area contributed by atoms with Gasteiger partial charge < -0.3 is 10.2 Å². The second-order valence-electron chi connectivity index (χ2n) is 10.2. The molecule has 1 saturated heterocycles. The van der Waals surface area contributed by atoms with Crippen molar-refractivity contribution in [3.8, 4) is 0 Å². The molecule has 4 heterocycles. The lowest BCUT2D eigenvalue weighted by Crippen LogP contribution is -2.48. The van der Waals surface area contributed by atoms with Gasteiger partial charge in [0.05, 0.1) is 0 Å². The molecule has 1 unspecified atom stereocenters. The molecule has 1 N–H and O–H groups in total. The summed E-state index contributed by atoms with van der Waals surface area (Å²) in [6, 6.07) is 11.0. The molecule has 3 aromatic rings. The molecule has 6 nitrogen and oxygen atoms in total. The standard InChI is InChI=1S/C26H28ClF3N6/c27-19-8-6-16(7-9-19)21-3-1-2-12-36-24(21)33-25(34-36)32-23-17-4-5-18(23)15-35(14-17)20-10-11-31-22(13-20)26(28,29)30/h6-11,13,17-18,21,23H,1-5,12,14-15H2,(H,32,34)/t17-,18+,21?,23+. The normalized spacial score (nSPS) is 25.9. The number of piperidine rings is 1. The molecule has 2 bridgehead atoms. The molecule has 2 aliphatic heterocycles. The van der Waals surface area contributed by atoms with E-state index in [2.05, 4.69) is 27.3 Å². The average Bonchev–Trinajstić information content (AvgIpc) is 3.26. The topological polar surface area (TPSA) is 58.9 Å². The highest BCUT2D eigenvalue weighted by Crippen LogP contribution is 2.41. The molecule has 2 fully saturated rings. The molecule has 2 aromatic heterocycles. The molecule has 1 saturated carbocycles. The van der Waals surface area contributed by atoms with E-state index in [1.807, 2.05) is 16.8 Å². The monoisotopic (exact) mass is 516 g/mol. The van der Waals surface area contributed by atoms with E-state index >= 15 is 0 Å². The van der Waals surface area contributed by atoms with Crippen molar-refractivity contribution in [1.82, 2.24) is 19.7 Å². The molecule has 1 aliphatic carbocycles. The highest BCUT2D eigenvalue weighted by Gasteiger charge is 2.43. The Balaban J connectivity index is 1.19. The molecule has 1 aromatic carbocycles. The van der Waals surface area contributed by atoms with Crippen molar-refractivity contribution < 1.29 is 13.2 Å². The van der Waals surface area contributed by atoms with Crippen molar-refractivity contribution in [2.45, 2.75) is 56.8 Å². The first-order valence-corrected chi connectivity index (χ1v) is 13.0. The number of hydrogen-bond acceptors (Lipinski definition) is 5. The van der Waals surface area contributed by atoms with Crippen LogP contribution in [0.3, 0.4) is 0 Å². The summed E-state index contributed by atoms with van der Waals surface area (Å²) in [6.07, 6.45) is 2.10. The maximum Gasteiger partial charge on any atom is 0.433 e. The van der Waals surface area contributed by atoms with Gasteiger partial charge in [0.1, 0.15) is 11.5 Å². The smallest absolute Gasteiger partial charge is 0.371 e. The minimum absolute atomic E-state index is 0.181. The predicted molar refractivity (Wildman–Crippen MR) is 132 cm³/mol. The summed E-state index contributed by atoms with van der Waals surface area (Å²) in [7, 11) is 0. The van der Waals surface area contributed by atoms with Crippen LogP contribution in [-0.4, -0.2) is 38.9 Å². The lowest BCUT2D eigenvalue weighted by atomic mass is 9.92. The zero-order valence-corrected chi connectivity index (χ0v) is 20.5. The molecule has 190 valence electrons. The number of benzene rings is 1. The van der Waals surface area contributed by atoms with Crippen LogP contribution in [0.4, 0.5) is 24.8 Å². The average molecular weight is 517 g/mol. The number of anilines is 2. The summed E-state index contributed by atoms with van der Waals surface area (Å²) in [6.45, 7) is 2.26. The lowest BCUT2D eigenvalue weighted by Gasteiger charge is -2.39. The van der Waals surface area contributed by atoms with Crippen LogP contribution in [0, 0.1) is 11.8 Å². The van der Waals surface area contributed by atoms with Gasteiger partial charge in [0.2, 0.25) is 5.95 Å². The summed E-state index contributed by atoms with van der Waals surface area (Å²) in [5, 5.41) is 9.18. The molecule has 10 heteroatoms. The van der Waals surface area contributed by atoms with Gasteiger partial charge in [0, 0.05) is 48.5 Å². The van der Waals surface area contributed by atoms with Crippen LogP contribution >= 0.6 is 11.6 Å². The second-order valence-corrected chi connectivity index (χ2v) is 10.6. The Labute approximate surface area is 212 Å². The van der Waals surface area contributed by atoms with Gasteiger partial charge in [-0.15, -0.1) is 5.10 Å². The number of aromatic nitrogens is 4. The van der Waals surface area contributed by atoms with Crippen molar-refractivity contribution >= 4 is 23.2 Å². The van der Waals surface area contributed by atoms with E-state index < -0.39 is 11.9 Å². The van der Waals surface area contributed by atoms with E-state index in [4.69, 9.17) is 21.7 Å². The Bertz CT molecular complexity index is 1210. The number of fused-ring (bicyclic) bond motifs is 3. The minimum atomic E-state index is -4.44. The largest absolute Gasteiger partial charge is 0.433 e. The van der Waals surface area contributed by atoms with E-state index in [0.717, 1.165) is 55.6 Å².